The molecule has 0 aliphatic rings. The Morgan fingerprint density at radius 1 is 1.25 bits per heavy atom. The number of hydrogen-bond acceptors (Lipinski definition) is 5. The SMILES string of the molecule is CSc1cccc(Nc2cc3nc(C)sc3cc2N)c1. The third-order valence-corrected chi connectivity index (χ3v) is 4.67. The summed E-state index contributed by atoms with van der Waals surface area (Å²) in [6.07, 6.45) is 2.07. The first-order chi connectivity index (χ1) is 9.65. The number of rotatable bonds is 3. The van der Waals surface area contributed by atoms with Crippen LogP contribution in [-0.4, -0.2) is 11.2 Å². The number of hydrogen-bond donors (Lipinski definition) is 2. The second kappa shape index (κ2) is 5.34. The molecule has 0 amide bonds. The molecule has 0 saturated heterocycles. The molecule has 0 aliphatic heterocycles. The van der Waals surface area contributed by atoms with Gasteiger partial charge in [-0.25, -0.2) is 4.98 Å². The maximum Gasteiger partial charge on any atom is 0.0907 e. The van der Waals surface area contributed by atoms with Crippen molar-refractivity contribution in [3.8, 4) is 0 Å². The first-order valence-corrected chi connectivity index (χ1v) is 8.27. The van der Waals surface area contributed by atoms with E-state index >= 15 is 0 Å². The normalized spacial score (nSPS) is 10.9. The number of aromatic nitrogens is 1. The first-order valence-electron chi connectivity index (χ1n) is 6.23. The van der Waals surface area contributed by atoms with Crippen LogP contribution in [0.25, 0.3) is 10.2 Å². The summed E-state index contributed by atoms with van der Waals surface area (Å²) in [5.41, 5.74) is 9.80. The summed E-state index contributed by atoms with van der Waals surface area (Å²) < 4.78 is 1.13. The van der Waals surface area contributed by atoms with Gasteiger partial charge in [0.1, 0.15) is 0 Å². The fourth-order valence-electron chi connectivity index (χ4n) is 2.07. The summed E-state index contributed by atoms with van der Waals surface area (Å²) >= 11 is 3.39. The Hall–Kier alpha value is -1.72. The lowest BCUT2D eigenvalue weighted by Gasteiger charge is -2.10. The van der Waals surface area contributed by atoms with E-state index in [-0.39, 0.29) is 0 Å². The molecule has 5 heteroatoms. The van der Waals surface area contributed by atoms with Crippen LogP contribution in [0.3, 0.4) is 0 Å². The van der Waals surface area contributed by atoms with E-state index in [1.54, 1.807) is 23.1 Å². The van der Waals surface area contributed by atoms with E-state index in [1.165, 1.54) is 4.90 Å². The molecule has 0 atom stereocenters. The number of anilines is 3. The molecule has 3 nitrogen and oxygen atoms in total. The average molecular weight is 301 g/mol. The number of fused-ring (bicyclic) bond motifs is 1. The molecule has 0 fully saturated rings. The van der Waals surface area contributed by atoms with Crippen LogP contribution in [0.15, 0.2) is 41.3 Å². The van der Waals surface area contributed by atoms with Crippen molar-refractivity contribution >= 4 is 50.4 Å². The average Bonchev–Trinajstić information content (AvgIpc) is 2.78. The van der Waals surface area contributed by atoms with Gasteiger partial charge in [0, 0.05) is 10.6 Å². The van der Waals surface area contributed by atoms with Crippen LogP contribution < -0.4 is 11.1 Å². The lowest BCUT2D eigenvalue weighted by atomic mass is 10.2. The maximum absolute atomic E-state index is 6.13. The zero-order valence-corrected chi connectivity index (χ0v) is 12.9. The van der Waals surface area contributed by atoms with Crippen molar-refractivity contribution in [2.75, 3.05) is 17.3 Å². The minimum absolute atomic E-state index is 0.746. The monoisotopic (exact) mass is 301 g/mol. The molecule has 20 heavy (non-hydrogen) atoms. The second-order valence-electron chi connectivity index (χ2n) is 4.50. The largest absolute Gasteiger partial charge is 0.397 e. The van der Waals surface area contributed by atoms with Crippen LogP contribution in [0.2, 0.25) is 0 Å². The lowest BCUT2D eigenvalue weighted by Crippen LogP contribution is -1.96. The summed E-state index contributed by atoms with van der Waals surface area (Å²) in [5.74, 6) is 0. The van der Waals surface area contributed by atoms with Gasteiger partial charge in [-0.3, -0.25) is 0 Å². The molecule has 0 aliphatic carbocycles. The molecule has 102 valence electrons. The predicted octanol–water partition coefficient (Wildman–Crippen LogP) is 4.65. The van der Waals surface area contributed by atoms with Gasteiger partial charge in [-0.05, 0) is 43.5 Å². The smallest absolute Gasteiger partial charge is 0.0907 e. The van der Waals surface area contributed by atoms with Gasteiger partial charge in [-0.1, -0.05) is 6.07 Å². The molecule has 0 saturated carbocycles. The number of nitrogens with one attached hydrogen (secondary N) is 1. The van der Waals surface area contributed by atoms with E-state index in [0.29, 0.717) is 0 Å². The Labute approximate surface area is 126 Å². The molecule has 3 N–H and O–H groups in total. The van der Waals surface area contributed by atoms with Crippen molar-refractivity contribution in [3.63, 3.8) is 0 Å². The van der Waals surface area contributed by atoms with Gasteiger partial charge in [0.15, 0.2) is 0 Å². The number of nitrogen functional groups attached to an aromatic ring is 1. The summed E-state index contributed by atoms with van der Waals surface area (Å²) in [6, 6.07) is 12.3. The third kappa shape index (κ3) is 2.59. The van der Waals surface area contributed by atoms with Gasteiger partial charge in [-0.15, -0.1) is 23.1 Å². The van der Waals surface area contributed by atoms with Crippen molar-refractivity contribution in [1.82, 2.24) is 4.98 Å². The molecule has 2 aromatic carbocycles. The Morgan fingerprint density at radius 2 is 2.10 bits per heavy atom. The van der Waals surface area contributed by atoms with Crippen LogP contribution in [-0.2, 0) is 0 Å². The summed E-state index contributed by atoms with van der Waals surface area (Å²) in [7, 11) is 0. The molecule has 3 rings (SSSR count). The quantitative estimate of drug-likeness (QED) is 0.546. The molecule has 1 heterocycles. The Kier molecular flexibility index (Phi) is 3.54. The number of nitrogens with zero attached hydrogens (tertiary/aromatic N) is 1. The van der Waals surface area contributed by atoms with Crippen LogP contribution in [0.5, 0.6) is 0 Å². The standard InChI is InChI=1S/C15H15N3S2/c1-9-17-14-8-13(12(16)7-15(14)20-9)18-10-4-3-5-11(6-10)19-2/h3-8,18H,16H2,1-2H3. The highest BCUT2D eigenvalue weighted by Gasteiger charge is 2.06. The lowest BCUT2D eigenvalue weighted by molar-refractivity contribution is 1.35. The van der Waals surface area contributed by atoms with Crippen LogP contribution in [0, 0.1) is 6.92 Å². The molecule has 1 aromatic heterocycles. The van der Waals surface area contributed by atoms with E-state index in [9.17, 15) is 0 Å². The Morgan fingerprint density at radius 3 is 2.90 bits per heavy atom. The minimum atomic E-state index is 0.746. The van der Waals surface area contributed by atoms with Gasteiger partial charge in [0.2, 0.25) is 0 Å². The van der Waals surface area contributed by atoms with Crippen molar-refractivity contribution < 1.29 is 0 Å². The summed E-state index contributed by atoms with van der Waals surface area (Å²) in [5, 5.41) is 4.43. The van der Waals surface area contributed by atoms with E-state index in [4.69, 9.17) is 5.73 Å². The molecule has 0 radical (unpaired) electrons. The van der Waals surface area contributed by atoms with Gasteiger partial charge in [0.05, 0.1) is 26.6 Å². The topological polar surface area (TPSA) is 50.9 Å². The van der Waals surface area contributed by atoms with Crippen molar-refractivity contribution in [3.05, 3.63) is 41.4 Å². The molecule has 0 unspecified atom stereocenters. The fraction of sp³-hybridized carbons (Fsp3) is 0.133. The molecular weight excluding hydrogens is 286 g/mol. The molecule has 3 aromatic rings. The van der Waals surface area contributed by atoms with Crippen molar-refractivity contribution in [2.24, 2.45) is 0 Å². The number of nitrogens with two attached hydrogens (primary N) is 1. The Balaban J connectivity index is 1.98. The van der Waals surface area contributed by atoms with E-state index in [0.717, 1.165) is 32.3 Å². The fourth-order valence-corrected chi connectivity index (χ4v) is 3.39. The number of thioether (sulfide) groups is 1. The van der Waals surface area contributed by atoms with Gasteiger partial charge in [0.25, 0.3) is 0 Å². The van der Waals surface area contributed by atoms with Crippen LogP contribution in [0.1, 0.15) is 5.01 Å². The van der Waals surface area contributed by atoms with Crippen molar-refractivity contribution in [2.45, 2.75) is 11.8 Å². The minimum Gasteiger partial charge on any atom is -0.397 e. The maximum atomic E-state index is 6.13. The highest BCUT2D eigenvalue weighted by atomic mass is 32.2. The summed E-state index contributed by atoms with van der Waals surface area (Å²) in [4.78, 5) is 5.73. The molecular formula is C15H15N3S2. The van der Waals surface area contributed by atoms with Crippen molar-refractivity contribution in [1.29, 1.82) is 0 Å². The van der Waals surface area contributed by atoms with Crippen LogP contribution >= 0.6 is 23.1 Å². The molecule has 0 spiro atoms. The van der Waals surface area contributed by atoms with Gasteiger partial charge < -0.3 is 11.1 Å². The highest BCUT2D eigenvalue weighted by Crippen LogP contribution is 2.32. The molecule has 0 bridgehead atoms. The highest BCUT2D eigenvalue weighted by molar-refractivity contribution is 7.98. The number of benzene rings is 2. The first kappa shape index (κ1) is 13.3. The predicted molar refractivity (Wildman–Crippen MR) is 90.3 cm³/mol. The summed E-state index contributed by atoms with van der Waals surface area (Å²) in [6.45, 7) is 2.01. The zero-order valence-electron chi connectivity index (χ0n) is 11.3. The van der Waals surface area contributed by atoms with E-state index < -0.39 is 0 Å². The second-order valence-corrected chi connectivity index (χ2v) is 6.61. The van der Waals surface area contributed by atoms with Gasteiger partial charge >= 0.3 is 0 Å². The zero-order chi connectivity index (χ0) is 14.1. The van der Waals surface area contributed by atoms with Crippen LogP contribution in [0.4, 0.5) is 17.1 Å². The number of thiazole rings is 1. The van der Waals surface area contributed by atoms with E-state index in [2.05, 4.69) is 28.7 Å². The van der Waals surface area contributed by atoms with E-state index in [1.807, 2.05) is 31.2 Å². The Bertz CT molecular complexity index is 765. The van der Waals surface area contributed by atoms with Gasteiger partial charge in [-0.2, -0.15) is 0 Å². The number of aryl methyl sites for hydroxylation is 1. The third-order valence-electron chi connectivity index (χ3n) is 3.02.